The molecule has 0 aliphatic rings. The number of nitrogens with zero attached hydrogens (tertiary/aromatic N) is 4. The van der Waals surface area contributed by atoms with Crippen molar-refractivity contribution in [3.8, 4) is 5.75 Å². The maximum Gasteiger partial charge on any atom is 0.278 e. The number of hydrogen-bond donors (Lipinski definition) is 2. The van der Waals surface area contributed by atoms with Gasteiger partial charge < -0.3 is 10.4 Å². The van der Waals surface area contributed by atoms with Crippen LogP contribution in [0, 0.1) is 13.8 Å². The smallest absolute Gasteiger partial charge is 0.278 e. The van der Waals surface area contributed by atoms with E-state index in [-0.39, 0.29) is 17.4 Å². The van der Waals surface area contributed by atoms with E-state index >= 15 is 0 Å². The van der Waals surface area contributed by atoms with Gasteiger partial charge in [0, 0.05) is 28.7 Å². The fourth-order valence-corrected chi connectivity index (χ4v) is 2.84. The Morgan fingerprint density at radius 1 is 1.16 bits per heavy atom. The van der Waals surface area contributed by atoms with Crippen LogP contribution < -0.4 is 5.32 Å². The van der Waals surface area contributed by atoms with E-state index in [4.69, 9.17) is 0 Å². The third-order valence-corrected chi connectivity index (χ3v) is 4.01. The summed E-state index contributed by atoms with van der Waals surface area (Å²) in [7, 11) is 0. The summed E-state index contributed by atoms with van der Waals surface area (Å²) in [4.78, 5) is 25.4. The van der Waals surface area contributed by atoms with Crippen LogP contribution in [-0.2, 0) is 0 Å². The molecule has 0 radical (unpaired) electrons. The molecule has 7 heteroatoms. The van der Waals surface area contributed by atoms with Gasteiger partial charge in [0.15, 0.2) is 11.3 Å². The van der Waals surface area contributed by atoms with Crippen LogP contribution in [0.25, 0.3) is 16.6 Å². The number of amides is 1. The number of hydrogen-bond acceptors (Lipinski definition) is 5. The summed E-state index contributed by atoms with van der Waals surface area (Å²) < 4.78 is 1.78. The van der Waals surface area contributed by atoms with Crippen LogP contribution in [-0.4, -0.2) is 30.4 Å². The van der Waals surface area contributed by atoms with E-state index in [0.717, 1.165) is 11.4 Å². The summed E-state index contributed by atoms with van der Waals surface area (Å²) in [5, 5.41) is 13.3. The maximum absolute atomic E-state index is 12.6. The standard InChI is InChI=1S/C18H15N5O2/c1-10-7-11(2)23-9-20-16(17(23)21-10)18(25)22-12-3-4-14-13(8-12)15(24)5-6-19-14/h3-9H,1-2H3,(H,19,24)(H,22,25). The summed E-state index contributed by atoms with van der Waals surface area (Å²) in [6.07, 6.45) is 3.12. The van der Waals surface area contributed by atoms with Gasteiger partial charge in [-0.3, -0.25) is 14.2 Å². The van der Waals surface area contributed by atoms with Crippen molar-refractivity contribution in [1.29, 1.82) is 0 Å². The number of fused-ring (bicyclic) bond motifs is 2. The molecule has 0 saturated heterocycles. The van der Waals surface area contributed by atoms with Gasteiger partial charge in [-0.1, -0.05) is 0 Å². The molecule has 7 nitrogen and oxygen atoms in total. The summed E-state index contributed by atoms with van der Waals surface area (Å²) in [5.74, 6) is -0.246. The minimum atomic E-state index is -0.359. The number of aromatic nitrogens is 4. The lowest BCUT2D eigenvalue weighted by Crippen LogP contribution is -2.13. The number of aromatic hydroxyl groups is 1. The SMILES string of the molecule is Cc1cc(C)n2cnc(C(=O)Nc3ccc4nccc(O)c4c3)c2n1. The van der Waals surface area contributed by atoms with Crippen LogP contribution in [0.2, 0.25) is 0 Å². The lowest BCUT2D eigenvalue weighted by Gasteiger charge is -2.07. The monoisotopic (exact) mass is 333 g/mol. The first kappa shape index (κ1) is 15.1. The molecule has 0 fully saturated rings. The van der Waals surface area contributed by atoms with E-state index in [0.29, 0.717) is 22.2 Å². The first-order valence-electron chi connectivity index (χ1n) is 7.73. The summed E-state index contributed by atoms with van der Waals surface area (Å²) in [6.45, 7) is 3.81. The number of aryl methyl sites for hydroxylation is 2. The number of carbonyl (C=O) groups is 1. The molecule has 1 aromatic carbocycles. The van der Waals surface area contributed by atoms with Gasteiger partial charge in [-0.05, 0) is 44.2 Å². The number of benzene rings is 1. The van der Waals surface area contributed by atoms with E-state index < -0.39 is 0 Å². The average molecular weight is 333 g/mol. The topological polar surface area (TPSA) is 92.4 Å². The Bertz CT molecular complexity index is 1130. The van der Waals surface area contributed by atoms with Gasteiger partial charge in [-0.15, -0.1) is 0 Å². The van der Waals surface area contributed by atoms with Crippen LogP contribution in [0.5, 0.6) is 5.75 Å². The molecule has 3 heterocycles. The van der Waals surface area contributed by atoms with E-state index in [2.05, 4.69) is 20.3 Å². The molecule has 0 saturated carbocycles. The third-order valence-electron chi connectivity index (χ3n) is 4.01. The maximum atomic E-state index is 12.6. The lowest BCUT2D eigenvalue weighted by molar-refractivity contribution is 0.102. The molecule has 2 N–H and O–H groups in total. The zero-order valence-electron chi connectivity index (χ0n) is 13.7. The second-order valence-corrected chi connectivity index (χ2v) is 5.84. The average Bonchev–Trinajstić information content (AvgIpc) is 3.00. The molecule has 1 amide bonds. The molecule has 3 aromatic heterocycles. The molecule has 4 rings (SSSR count). The highest BCUT2D eigenvalue weighted by Gasteiger charge is 2.16. The third kappa shape index (κ3) is 2.55. The van der Waals surface area contributed by atoms with E-state index in [1.54, 1.807) is 28.9 Å². The second-order valence-electron chi connectivity index (χ2n) is 5.84. The molecular formula is C18H15N5O2. The highest BCUT2D eigenvalue weighted by atomic mass is 16.3. The molecule has 0 aliphatic heterocycles. The molecule has 0 unspecified atom stereocenters. The normalized spacial score (nSPS) is 11.1. The Morgan fingerprint density at radius 2 is 2.00 bits per heavy atom. The summed E-state index contributed by atoms with van der Waals surface area (Å²) in [5.41, 5.74) is 3.74. The van der Waals surface area contributed by atoms with Gasteiger partial charge in [0.25, 0.3) is 5.91 Å². The van der Waals surface area contributed by atoms with Crippen molar-refractivity contribution < 1.29 is 9.90 Å². The summed E-state index contributed by atoms with van der Waals surface area (Å²) in [6, 6.07) is 8.58. The first-order valence-corrected chi connectivity index (χ1v) is 7.73. The van der Waals surface area contributed by atoms with Crippen molar-refractivity contribution in [2.45, 2.75) is 13.8 Å². The van der Waals surface area contributed by atoms with Crippen LogP contribution in [0.15, 0.2) is 42.9 Å². The Hall–Kier alpha value is -3.48. The molecule has 124 valence electrons. The molecule has 25 heavy (non-hydrogen) atoms. The number of anilines is 1. The molecule has 0 spiro atoms. The Morgan fingerprint density at radius 3 is 2.84 bits per heavy atom. The summed E-state index contributed by atoms with van der Waals surface area (Å²) >= 11 is 0. The Kier molecular flexibility index (Phi) is 3.35. The highest BCUT2D eigenvalue weighted by Crippen LogP contribution is 2.25. The van der Waals surface area contributed by atoms with Crippen LogP contribution in [0.4, 0.5) is 5.69 Å². The zero-order chi connectivity index (χ0) is 17.6. The van der Waals surface area contributed by atoms with Crippen molar-refractivity contribution in [3.05, 3.63) is 59.9 Å². The van der Waals surface area contributed by atoms with Gasteiger partial charge in [0.05, 0.1) is 5.52 Å². The molecule has 0 bridgehead atoms. The van der Waals surface area contributed by atoms with Crippen molar-refractivity contribution in [3.63, 3.8) is 0 Å². The van der Waals surface area contributed by atoms with E-state index in [1.165, 1.54) is 12.3 Å². The van der Waals surface area contributed by atoms with Crippen molar-refractivity contribution in [2.75, 3.05) is 5.32 Å². The molecule has 0 aliphatic carbocycles. The van der Waals surface area contributed by atoms with Gasteiger partial charge in [-0.25, -0.2) is 9.97 Å². The van der Waals surface area contributed by atoms with Crippen LogP contribution in [0.3, 0.4) is 0 Å². The Labute approximate surface area is 143 Å². The fraction of sp³-hybridized carbons (Fsp3) is 0.111. The van der Waals surface area contributed by atoms with Gasteiger partial charge in [-0.2, -0.15) is 0 Å². The van der Waals surface area contributed by atoms with Gasteiger partial charge in [0.2, 0.25) is 0 Å². The first-order chi connectivity index (χ1) is 12.0. The Balaban J connectivity index is 1.72. The van der Waals surface area contributed by atoms with Crippen LogP contribution in [0.1, 0.15) is 21.9 Å². The lowest BCUT2D eigenvalue weighted by atomic mass is 10.2. The number of imidazole rings is 1. The quantitative estimate of drug-likeness (QED) is 0.588. The predicted octanol–water partition coefficient (Wildman–Crippen LogP) is 2.85. The van der Waals surface area contributed by atoms with Crippen LogP contribution >= 0.6 is 0 Å². The number of rotatable bonds is 2. The second kappa shape index (κ2) is 5.55. The van der Waals surface area contributed by atoms with Gasteiger partial charge in [0.1, 0.15) is 12.1 Å². The molecule has 0 atom stereocenters. The predicted molar refractivity (Wildman–Crippen MR) is 93.8 cm³/mol. The zero-order valence-corrected chi connectivity index (χ0v) is 13.7. The fourth-order valence-electron chi connectivity index (χ4n) is 2.84. The minimum absolute atomic E-state index is 0.112. The number of carbonyl (C=O) groups excluding carboxylic acids is 1. The van der Waals surface area contributed by atoms with E-state index in [9.17, 15) is 9.90 Å². The number of nitrogens with one attached hydrogen (secondary N) is 1. The number of pyridine rings is 1. The van der Waals surface area contributed by atoms with Crippen molar-refractivity contribution in [1.82, 2.24) is 19.4 Å². The van der Waals surface area contributed by atoms with E-state index in [1.807, 2.05) is 19.9 Å². The molecule has 4 aromatic rings. The largest absolute Gasteiger partial charge is 0.507 e. The van der Waals surface area contributed by atoms with Gasteiger partial charge >= 0.3 is 0 Å². The molecular weight excluding hydrogens is 318 g/mol. The van der Waals surface area contributed by atoms with Crippen molar-refractivity contribution in [2.24, 2.45) is 0 Å². The minimum Gasteiger partial charge on any atom is -0.507 e. The van der Waals surface area contributed by atoms with Crippen molar-refractivity contribution >= 4 is 28.1 Å². The highest BCUT2D eigenvalue weighted by molar-refractivity contribution is 6.07.